The highest BCUT2D eigenvalue weighted by Crippen LogP contribution is 2.50. The van der Waals surface area contributed by atoms with Crippen molar-refractivity contribution in [1.29, 1.82) is 0 Å². The van der Waals surface area contributed by atoms with E-state index in [1.807, 2.05) is 36.4 Å². The molecule has 4 nitrogen and oxygen atoms in total. The normalized spacial score (nSPS) is 16.6. The molecule has 330 valence electrons. The first-order valence-corrected chi connectivity index (χ1v) is 24.7. The quantitative estimate of drug-likeness (QED) is 0.144. The summed E-state index contributed by atoms with van der Waals surface area (Å²) in [6, 6.07) is 30.0. The fourth-order valence-electron chi connectivity index (χ4n) is 11.9. The number of ether oxygens (including phenoxy) is 2. The van der Waals surface area contributed by atoms with Crippen LogP contribution in [0.5, 0.6) is 23.0 Å². The topological polar surface area (TPSA) is 58.9 Å². The number of fused-ring (bicyclic) bond motifs is 4. The molecule has 64 heavy (non-hydrogen) atoms. The highest BCUT2D eigenvalue weighted by atomic mass is 16.5. The minimum atomic E-state index is -0.211. The Labute approximate surface area is 381 Å². The number of aromatic hydroxyl groups is 2. The van der Waals surface area contributed by atoms with Crippen molar-refractivity contribution in [2.75, 3.05) is 0 Å². The van der Waals surface area contributed by atoms with E-state index >= 15 is 0 Å². The van der Waals surface area contributed by atoms with Gasteiger partial charge in [0.1, 0.15) is 35.2 Å². The molecule has 0 aromatic heterocycles. The predicted molar refractivity (Wildman–Crippen MR) is 263 cm³/mol. The molecule has 4 aliphatic rings. The Bertz CT molecular complexity index is 2480. The summed E-state index contributed by atoms with van der Waals surface area (Å²) in [5.41, 5.74) is 22.0. The van der Waals surface area contributed by atoms with Gasteiger partial charge in [0.15, 0.2) is 0 Å². The van der Waals surface area contributed by atoms with Crippen LogP contribution in [-0.2, 0) is 51.4 Å². The van der Waals surface area contributed by atoms with Gasteiger partial charge in [0.05, 0.1) is 0 Å². The van der Waals surface area contributed by atoms with E-state index in [4.69, 9.17) is 9.47 Å². The molecule has 0 bridgehead atoms. The van der Waals surface area contributed by atoms with Crippen LogP contribution in [0.2, 0.25) is 0 Å². The molecule has 6 aromatic rings. The average Bonchev–Trinajstić information content (AvgIpc) is 3.31. The van der Waals surface area contributed by atoms with E-state index in [9.17, 15) is 10.2 Å². The van der Waals surface area contributed by atoms with Crippen LogP contribution in [0.25, 0.3) is 44.5 Å². The van der Waals surface area contributed by atoms with Gasteiger partial charge in [0, 0.05) is 39.3 Å². The molecule has 2 atom stereocenters. The second kappa shape index (κ2) is 17.8. The predicted octanol–water partition coefficient (Wildman–Crippen LogP) is 14.8. The van der Waals surface area contributed by atoms with Gasteiger partial charge in [-0.05, 0) is 234 Å². The van der Waals surface area contributed by atoms with E-state index in [1.165, 1.54) is 107 Å². The lowest BCUT2D eigenvalue weighted by molar-refractivity contribution is 0.0706. The van der Waals surface area contributed by atoms with Crippen LogP contribution in [0.15, 0.2) is 84.9 Å². The zero-order valence-electron chi connectivity index (χ0n) is 38.8. The van der Waals surface area contributed by atoms with Gasteiger partial charge >= 0.3 is 0 Å². The van der Waals surface area contributed by atoms with Crippen molar-refractivity contribution < 1.29 is 19.7 Å². The van der Waals surface area contributed by atoms with Gasteiger partial charge in [-0.2, -0.15) is 0 Å². The third-order valence-corrected chi connectivity index (χ3v) is 15.5. The summed E-state index contributed by atoms with van der Waals surface area (Å²) in [6.45, 7) is 10.7. The maximum absolute atomic E-state index is 12.4. The molecular formula is C60H66O4. The molecule has 0 saturated carbocycles. The van der Waals surface area contributed by atoms with E-state index in [-0.39, 0.29) is 18.1 Å². The lowest BCUT2D eigenvalue weighted by Crippen LogP contribution is -2.33. The summed E-state index contributed by atoms with van der Waals surface area (Å²) in [5, 5.41) is 24.8. The van der Waals surface area contributed by atoms with Gasteiger partial charge in [-0.15, -0.1) is 0 Å². The SMILES string of the molecule is Cc1cc(-c2ccccc2O[C@@H](C)C(C)[C@H](C)Oc2ccccc2-c2cc(C)cc(-c3c4c(cc5c3CCCC5)CCCC4)c2O)c(O)c(-c2c3c(cc4c2CCCC4)CCCC3)c1. The summed E-state index contributed by atoms with van der Waals surface area (Å²) in [4.78, 5) is 0. The van der Waals surface area contributed by atoms with Crippen LogP contribution < -0.4 is 9.47 Å². The molecule has 0 fully saturated rings. The fourth-order valence-corrected chi connectivity index (χ4v) is 11.9. The number of rotatable bonds is 10. The van der Waals surface area contributed by atoms with Crippen molar-refractivity contribution in [1.82, 2.24) is 0 Å². The maximum Gasteiger partial charge on any atom is 0.131 e. The number of hydrogen-bond acceptors (Lipinski definition) is 4. The minimum Gasteiger partial charge on any atom is -0.507 e. The first-order chi connectivity index (χ1) is 31.1. The van der Waals surface area contributed by atoms with Crippen LogP contribution in [0.4, 0.5) is 0 Å². The zero-order valence-corrected chi connectivity index (χ0v) is 38.8. The monoisotopic (exact) mass is 850 g/mol. The summed E-state index contributed by atoms with van der Waals surface area (Å²) >= 11 is 0. The van der Waals surface area contributed by atoms with Crippen molar-refractivity contribution >= 4 is 0 Å². The Balaban J connectivity index is 0.939. The minimum absolute atomic E-state index is 0.00539. The number of para-hydroxylation sites is 2. The molecule has 0 spiro atoms. The number of benzene rings is 6. The Kier molecular flexibility index (Phi) is 11.8. The Morgan fingerprint density at radius 2 is 0.703 bits per heavy atom. The lowest BCUT2D eigenvalue weighted by Gasteiger charge is -2.30. The molecule has 0 radical (unpaired) electrons. The number of phenols is 2. The molecule has 6 aromatic carbocycles. The van der Waals surface area contributed by atoms with Gasteiger partial charge in [0.2, 0.25) is 0 Å². The van der Waals surface area contributed by atoms with Crippen molar-refractivity contribution in [2.45, 2.75) is 150 Å². The summed E-state index contributed by atoms with van der Waals surface area (Å²) in [7, 11) is 0. The van der Waals surface area contributed by atoms with Crippen molar-refractivity contribution in [3.05, 3.63) is 141 Å². The van der Waals surface area contributed by atoms with Crippen LogP contribution in [0, 0.1) is 19.8 Å². The molecule has 0 saturated heterocycles. The van der Waals surface area contributed by atoms with Crippen LogP contribution in [-0.4, -0.2) is 22.4 Å². The summed E-state index contributed by atoms with van der Waals surface area (Å²) in [6.07, 6.45) is 18.1. The maximum atomic E-state index is 12.4. The molecule has 10 rings (SSSR count). The van der Waals surface area contributed by atoms with Gasteiger partial charge in [-0.3, -0.25) is 0 Å². The second-order valence-electron chi connectivity index (χ2n) is 19.8. The average molecular weight is 851 g/mol. The first kappa shape index (κ1) is 42.5. The van der Waals surface area contributed by atoms with Crippen molar-refractivity contribution in [3.8, 4) is 67.5 Å². The van der Waals surface area contributed by atoms with E-state index in [0.717, 1.165) is 107 Å². The first-order valence-electron chi connectivity index (χ1n) is 24.7. The van der Waals surface area contributed by atoms with Crippen LogP contribution in [0.1, 0.15) is 128 Å². The summed E-state index contributed by atoms with van der Waals surface area (Å²) < 4.78 is 13.8. The molecule has 0 heterocycles. The van der Waals surface area contributed by atoms with E-state index < -0.39 is 0 Å². The molecular weight excluding hydrogens is 785 g/mol. The van der Waals surface area contributed by atoms with E-state index in [2.05, 4.69) is 83.1 Å². The van der Waals surface area contributed by atoms with Crippen molar-refractivity contribution in [3.63, 3.8) is 0 Å². The molecule has 4 heteroatoms. The zero-order chi connectivity index (χ0) is 44.1. The molecule has 2 N–H and O–H groups in total. The van der Waals surface area contributed by atoms with Gasteiger partial charge in [0.25, 0.3) is 0 Å². The van der Waals surface area contributed by atoms with Crippen LogP contribution >= 0.6 is 0 Å². The number of aryl methyl sites for hydroxylation is 6. The van der Waals surface area contributed by atoms with Gasteiger partial charge in [-0.1, -0.05) is 55.5 Å². The van der Waals surface area contributed by atoms with Gasteiger partial charge in [-0.25, -0.2) is 0 Å². The third kappa shape index (κ3) is 7.90. The molecule has 4 aliphatic carbocycles. The molecule has 0 unspecified atom stereocenters. The Hall–Kier alpha value is -5.48. The Morgan fingerprint density at radius 1 is 0.391 bits per heavy atom. The molecule has 0 aliphatic heterocycles. The van der Waals surface area contributed by atoms with E-state index in [1.54, 1.807) is 0 Å². The lowest BCUT2D eigenvalue weighted by atomic mass is 9.76. The standard InChI is InChI=1S/C60H66O4/c1-36-30-51(59(61)53(32-36)57-45-22-10-6-18-41(45)34-42-19-7-11-23-46(42)57)49-26-14-16-28-55(49)63-39(4)38(3)40(5)64-56-29-17-15-27-50(56)52-31-37(2)33-54(60(52)62)58-47-24-12-8-20-43(47)35-44-21-9-13-25-48(44)58/h14-17,26-35,38-40,61-62H,6-13,18-25H2,1-5H3/t39-,40-/m0/s1. The fraction of sp³-hybridized carbons (Fsp3) is 0.400. The summed E-state index contributed by atoms with van der Waals surface area (Å²) in [5.74, 6) is 2.19. The molecule has 0 amide bonds. The van der Waals surface area contributed by atoms with Crippen LogP contribution in [0.3, 0.4) is 0 Å². The Morgan fingerprint density at radius 3 is 1.06 bits per heavy atom. The second-order valence-corrected chi connectivity index (χ2v) is 19.8. The third-order valence-electron chi connectivity index (χ3n) is 15.5. The smallest absolute Gasteiger partial charge is 0.131 e. The highest BCUT2D eigenvalue weighted by molar-refractivity contribution is 5.90. The van der Waals surface area contributed by atoms with E-state index in [0.29, 0.717) is 11.5 Å². The highest BCUT2D eigenvalue weighted by Gasteiger charge is 2.30. The van der Waals surface area contributed by atoms with Gasteiger partial charge < -0.3 is 19.7 Å². The largest absolute Gasteiger partial charge is 0.507 e. The number of phenolic OH excluding ortho intramolecular Hbond substituents is 2. The number of hydrogen-bond donors (Lipinski definition) is 2. The van der Waals surface area contributed by atoms with Crippen molar-refractivity contribution in [2.24, 2.45) is 5.92 Å².